The molecule has 3 rings (SSSR count). The van der Waals surface area contributed by atoms with Crippen LogP contribution < -0.4 is 0 Å². The lowest BCUT2D eigenvalue weighted by atomic mass is 9.54. The topological polar surface area (TPSA) is 120 Å². The molecular formula is C24H19FN2O5. The average molecular weight is 434 g/mol. The van der Waals surface area contributed by atoms with Crippen LogP contribution in [0.15, 0.2) is 65.9 Å². The Balaban J connectivity index is 2.47. The largest absolute Gasteiger partial charge is 0.511 e. The van der Waals surface area contributed by atoms with Crippen molar-refractivity contribution in [2.24, 2.45) is 11.3 Å². The molecule has 3 atom stereocenters. The van der Waals surface area contributed by atoms with Gasteiger partial charge in [-0.05, 0) is 23.3 Å². The van der Waals surface area contributed by atoms with Crippen LogP contribution in [0.2, 0.25) is 0 Å². The van der Waals surface area contributed by atoms with Crippen LogP contribution in [0.5, 0.6) is 0 Å². The van der Waals surface area contributed by atoms with Crippen molar-refractivity contribution in [2.75, 3.05) is 14.2 Å². The number of rotatable bonds is 4. The summed E-state index contributed by atoms with van der Waals surface area (Å²) >= 11 is 0. The van der Waals surface area contributed by atoms with Gasteiger partial charge in [-0.2, -0.15) is 10.5 Å². The third kappa shape index (κ3) is 3.46. The molecule has 0 bridgehead atoms. The molecule has 0 saturated heterocycles. The van der Waals surface area contributed by atoms with Gasteiger partial charge < -0.3 is 14.6 Å². The van der Waals surface area contributed by atoms with Crippen molar-refractivity contribution in [3.05, 3.63) is 82.9 Å². The van der Waals surface area contributed by atoms with Crippen LogP contribution in [0.4, 0.5) is 4.39 Å². The Labute approximate surface area is 183 Å². The predicted octanol–water partition coefficient (Wildman–Crippen LogP) is 3.51. The Bertz CT molecular complexity index is 1130. The van der Waals surface area contributed by atoms with E-state index in [1.54, 1.807) is 30.3 Å². The molecule has 162 valence electrons. The minimum absolute atomic E-state index is 0.251. The van der Waals surface area contributed by atoms with E-state index in [0.29, 0.717) is 5.56 Å². The maximum atomic E-state index is 13.6. The number of halogens is 1. The molecule has 2 aromatic carbocycles. The van der Waals surface area contributed by atoms with E-state index >= 15 is 0 Å². The fourth-order valence-corrected chi connectivity index (χ4v) is 4.34. The lowest BCUT2D eigenvalue weighted by Gasteiger charge is -2.44. The van der Waals surface area contributed by atoms with Crippen molar-refractivity contribution < 1.29 is 28.6 Å². The SMILES string of the molecule is COC(=O)C1=C(O)[C@@H](C(=O)OC)[C@H](c2ccc(F)cc2)C(C#N)(C#N)[C@@H]1c1ccccc1. The van der Waals surface area contributed by atoms with Gasteiger partial charge in [0.25, 0.3) is 0 Å². The van der Waals surface area contributed by atoms with Crippen LogP contribution in [0, 0.1) is 39.8 Å². The molecule has 1 aliphatic rings. The van der Waals surface area contributed by atoms with E-state index < -0.39 is 46.7 Å². The molecule has 32 heavy (non-hydrogen) atoms. The quantitative estimate of drug-likeness (QED) is 0.731. The molecule has 0 amide bonds. The lowest BCUT2D eigenvalue weighted by Crippen LogP contribution is -2.47. The summed E-state index contributed by atoms with van der Waals surface area (Å²) in [4.78, 5) is 25.6. The van der Waals surface area contributed by atoms with E-state index in [4.69, 9.17) is 9.47 Å². The number of benzene rings is 2. The van der Waals surface area contributed by atoms with Gasteiger partial charge in [-0.25, -0.2) is 9.18 Å². The van der Waals surface area contributed by atoms with E-state index in [9.17, 15) is 29.6 Å². The van der Waals surface area contributed by atoms with Crippen LogP contribution in [-0.4, -0.2) is 31.3 Å². The van der Waals surface area contributed by atoms with Crippen LogP contribution in [0.3, 0.4) is 0 Å². The Hall–Kier alpha value is -4.17. The molecular weight excluding hydrogens is 415 g/mol. The highest BCUT2D eigenvalue weighted by molar-refractivity contribution is 5.94. The van der Waals surface area contributed by atoms with Crippen molar-refractivity contribution in [2.45, 2.75) is 11.8 Å². The highest BCUT2D eigenvalue weighted by Crippen LogP contribution is 2.58. The van der Waals surface area contributed by atoms with E-state index in [0.717, 1.165) is 26.4 Å². The van der Waals surface area contributed by atoms with Gasteiger partial charge >= 0.3 is 11.9 Å². The zero-order chi connectivity index (χ0) is 23.5. The van der Waals surface area contributed by atoms with Crippen molar-refractivity contribution in [3.8, 4) is 12.1 Å². The van der Waals surface area contributed by atoms with E-state index in [1.165, 1.54) is 12.1 Å². The van der Waals surface area contributed by atoms with Crippen molar-refractivity contribution >= 4 is 11.9 Å². The van der Waals surface area contributed by atoms with Gasteiger partial charge in [-0.15, -0.1) is 0 Å². The number of ether oxygens (including phenoxy) is 2. The molecule has 0 heterocycles. The smallest absolute Gasteiger partial charge is 0.337 e. The fraction of sp³-hybridized carbons (Fsp3) is 0.250. The lowest BCUT2D eigenvalue weighted by molar-refractivity contribution is -0.147. The molecule has 0 unspecified atom stereocenters. The first-order chi connectivity index (χ1) is 15.4. The van der Waals surface area contributed by atoms with Gasteiger partial charge in [-0.3, -0.25) is 4.79 Å². The molecule has 1 N–H and O–H groups in total. The molecule has 8 heteroatoms. The number of methoxy groups -OCH3 is 2. The number of aliphatic hydroxyl groups is 1. The number of nitriles is 2. The van der Waals surface area contributed by atoms with Crippen LogP contribution >= 0.6 is 0 Å². The Morgan fingerprint density at radius 2 is 1.56 bits per heavy atom. The summed E-state index contributed by atoms with van der Waals surface area (Å²) in [6, 6.07) is 17.1. The Kier molecular flexibility index (Phi) is 6.27. The number of hydrogen-bond donors (Lipinski definition) is 1. The summed E-state index contributed by atoms with van der Waals surface area (Å²) in [5.74, 6) is -7.27. The molecule has 1 aliphatic carbocycles. The summed E-state index contributed by atoms with van der Waals surface area (Å²) in [5, 5.41) is 31.8. The van der Waals surface area contributed by atoms with E-state index in [-0.39, 0.29) is 11.1 Å². The second-order valence-corrected chi connectivity index (χ2v) is 7.26. The maximum Gasteiger partial charge on any atom is 0.337 e. The number of hydrogen-bond acceptors (Lipinski definition) is 7. The van der Waals surface area contributed by atoms with Gasteiger partial charge in [0.2, 0.25) is 0 Å². The number of aliphatic hydroxyl groups excluding tert-OH is 1. The zero-order valence-electron chi connectivity index (χ0n) is 17.3. The minimum atomic E-state index is -2.05. The highest BCUT2D eigenvalue weighted by Gasteiger charge is 2.61. The third-order valence-electron chi connectivity index (χ3n) is 5.73. The fourth-order valence-electron chi connectivity index (χ4n) is 4.34. The van der Waals surface area contributed by atoms with Crippen molar-refractivity contribution in [1.29, 1.82) is 10.5 Å². The van der Waals surface area contributed by atoms with Gasteiger partial charge in [0, 0.05) is 5.92 Å². The van der Waals surface area contributed by atoms with Gasteiger partial charge in [0.1, 0.15) is 17.5 Å². The van der Waals surface area contributed by atoms with Gasteiger partial charge in [0.15, 0.2) is 5.41 Å². The molecule has 0 saturated carbocycles. The first-order valence-electron chi connectivity index (χ1n) is 9.58. The summed E-state index contributed by atoms with van der Waals surface area (Å²) in [6.45, 7) is 0. The van der Waals surface area contributed by atoms with Crippen LogP contribution in [0.1, 0.15) is 23.0 Å². The summed E-state index contributed by atoms with van der Waals surface area (Å²) < 4.78 is 23.3. The molecule has 0 aromatic heterocycles. The van der Waals surface area contributed by atoms with Crippen LogP contribution in [-0.2, 0) is 19.1 Å². The maximum absolute atomic E-state index is 13.6. The molecule has 0 radical (unpaired) electrons. The van der Waals surface area contributed by atoms with E-state index in [2.05, 4.69) is 0 Å². The second kappa shape index (κ2) is 8.91. The molecule has 7 nitrogen and oxygen atoms in total. The first kappa shape index (κ1) is 22.5. The molecule has 0 spiro atoms. The number of nitrogens with zero attached hydrogens (tertiary/aromatic N) is 2. The first-order valence-corrected chi connectivity index (χ1v) is 9.58. The van der Waals surface area contributed by atoms with Gasteiger partial charge in [-0.1, -0.05) is 42.5 Å². The zero-order valence-corrected chi connectivity index (χ0v) is 17.3. The summed E-state index contributed by atoms with van der Waals surface area (Å²) in [5.41, 5.74) is -1.79. The predicted molar refractivity (Wildman–Crippen MR) is 109 cm³/mol. The monoisotopic (exact) mass is 434 g/mol. The molecule has 0 aliphatic heterocycles. The van der Waals surface area contributed by atoms with Gasteiger partial charge in [0.05, 0.1) is 37.8 Å². The summed E-state index contributed by atoms with van der Waals surface area (Å²) in [6.07, 6.45) is 0. The number of carbonyl (C=O) groups is 2. The number of esters is 2. The van der Waals surface area contributed by atoms with Crippen molar-refractivity contribution in [1.82, 2.24) is 0 Å². The molecule has 2 aromatic rings. The Morgan fingerprint density at radius 3 is 2.06 bits per heavy atom. The number of carbonyl (C=O) groups excluding carboxylic acids is 2. The minimum Gasteiger partial charge on any atom is -0.511 e. The average Bonchev–Trinajstić information content (AvgIpc) is 2.83. The van der Waals surface area contributed by atoms with Crippen molar-refractivity contribution in [3.63, 3.8) is 0 Å². The highest BCUT2D eigenvalue weighted by atomic mass is 19.1. The standard InChI is InChI=1S/C24H19FN2O5/c1-31-22(29)17-19(14-6-4-3-5-7-14)24(12-26,13-27)20(15-8-10-16(25)11-9-15)18(21(17)28)23(30)32-2/h3-11,18-20,28H,1-2H3/t18-,19+,20-/m0/s1. The normalized spacial score (nSPS) is 21.7. The Morgan fingerprint density at radius 1 is 0.969 bits per heavy atom. The molecule has 0 fully saturated rings. The van der Waals surface area contributed by atoms with E-state index in [1.807, 2.05) is 12.1 Å². The second-order valence-electron chi connectivity index (χ2n) is 7.26. The summed E-state index contributed by atoms with van der Waals surface area (Å²) in [7, 11) is 2.17. The third-order valence-corrected chi connectivity index (χ3v) is 5.73. The van der Waals surface area contributed by atoms with Crippen LogP contribution in [0.25, 0.3) is 0 Å².